The van der Waals surface area contributed by atoms with Crippen molar-refractivity contribution in [3.63, 3.8) is 0 Å². The molecule has 1 rings (SSSR count). The standard InChI is InChI=1S/C7H14N2O2/c8-6(11)9-7(5-10)3-1-2-4-7/h10H,1-5H2,(H3,8,9,11). The van der Waals surface area contributed by atoms with Crippen molar-refractivity contribution in [2.75, 3.05) is 6.61 Å². The monoisotopic (exact) mass is 158 g/mol. The van der Waals surface area contributed by atoms with Crippen molar-refractivity contribution in [3.8, 4) is 0 Å². The van der Waals surface area contributed by atoms with Gasteiger partial charge in [0, 0.05) is 0 Å². The number of nitrogens with one attached hydrogen (secondary N) is 1. The van der Waals surface area contributed by atoms with Gasteiger partial charge >= 0.3 is 6.03 Å². The van der Waals surface area contributed by atoms with Crippen molar-refractivity contribution < 1.29 is 9.90 Å². The lowest BCUT2D eigenvalue weighted by molar-refractivity contribution is 0.166. The molecule has 0 heterocycles. The van der Waals surface area contributed by atoms with Crippen molar-refractivity contribution in [2.24, 2.45) is 5.73 Å². The lowest BCUT2D eigenvalue weighted by Gasteiger charge is -2.26. The van der Waals surface area contributed by atoms with Crippen LogP contribution in [0.5, 0.6) is 0 Å². The molecule has 1 aliphatic carbocycles. The predicted molar refractivity (Wildman–Crippen MR) is 41.0 cm³/mol. The van der Waals surface area contributed by atoms with Gasteiger partial charge in [-0.3, -0.25) is 0 Å². The average molecular weight is 158 g/mol. The zero-order valence-electron chi connectivity index (χ0n) is 6.47. The molecule has 4 heteroatoms. The first-order valence-electron chi connectivity index (χ1n) is 3.87. The van der Waals surface area contributed by atoms with E-state index in [9.17, 15) is 4.79 Å². The maximum Gasteiger partial charge on any atom is 0.312 e. The lowest BCUT2D eigenvalue weighted by atomic mass is 9.99. The van der Waals surface area contributed by atoms with Crippen LogP contribution in [0.1, 0.15) is 25.7 Å². The zero-order chi connectivity index (χ0) is 8.32. The first-order valence-corrected chi connectivity index (χ1v) is 3.87. The molecule has 0 bridgehead atoms. The van der Waals surface area contributed by atoms with Crippen molar-refractivity contribution in [1.82, 2.24) is 5.32 Å². The SMILES string of the molecule is NC(=O)NC1(CO)CCCC1. The predicted octanol–water partition coefficient (Wildman–Crippen LogP) is -0.0402. The van der Waals surface area contributed by atoms with Crippen molar-refractivity contribution >= 4 is 6.03 Å². The van der Waals surface area contributed by atoms with Gasteiger partial charge in [0.15, 0.2) is 0 Å². The van der Waals surface area contributed by atoms with Gasteiger partial charge in [-0.05, 0) is 12.8 Å². The van der Waals surface area contributed by atoms with Crippen LogP contribution in [0.4, 0.5) is 4.79 Å². The molecule has 1 fully saturated rings. The van der Waals surface area contributed by atoms with Gasteiger partial charge in [-0.1, -0.05) is 12.8 Å². The number of nitrogens with two attached hydrogens (primary N) is 1. The van der Waals surface area contributed by atoms with Crippen LogP contribution < -0.4 is 11.1 Å². The number of hydrogen-bond donors (Lipinski definition) is 3. The number of hydrogen-bond acceptors (Lipinski definition) is 2. The Bertz CT molecular complexity index is 153. The minimum atomic E-state index is -0.541. The van der Waals surface area contributed by atoms with E-state index in [1.54, 1.807) is 0 Å². The Morgan fingerprint density at radius 1 is 1.55 bits per heavy atom. The summed E-state index contributed by atoms with van der Waals surface area (Å²) in [6, 6.07) is -0.541. The van der Waals surface area contributed by atoms with Gasteiger partial charge in [0.05, 0.1) is 12.1 Å². The average Bonchev–Trinajstić information content (AvgIpc) is 2.36. The van der Waals surface area contributed by atoms with Gasteiger partial charge in [-0.15, -0.1) is 0 Å². The second-order valence-electron chi connectivity index (χ2n) is 3.13. The first kappa shape index (κ1) is 8.33. The second kappa shape index (κ2) is 3.09. The fourth-order valence-corrected chi connectivity index (χ4v) is 1.64. The number of carbonyl (C=O) groups is 1. The number of primary amides is 1. The molecule has 1 saturated carbocycles. The van der Waals surface area contributed by atoms with Gasteiger partial charge in [-0.25, -0.2) is 4.79 Å². The van der Waals surface area contributed by atoms with E-state index in [0.29, 0.717) is 0 Å². The Hall–Kier alpha value is -0.770. The summed E-state index contributed by atoms with van der Waals surface area (Å²) >= 11 is 0. The van der Waals surface area contributed by atoms with Crippen LogP contribution in [-0.4, -0.2) is 23.3 Å². The maximum atomic E-state index is 10.5. The van der Waals surface area contributed by atoms with Crippen LogP contribution in [0.25, 0.3) is 0 Å². The highest BCUT2D eigenvalue weighted by Crippen LogP contribution is 2.28. The Balaban J connectivity index is 2.52. The molecule has 0 aliphatic heterocycles. The molecule has 0 spiro atoms. The number of amides is 2. The molecule has 0 radical (unpaired) electrons. The summed E-state index contributed by atoms with van der Waals surface area (Å²) in [7, 11) is 0. The quantitative estimate of drug-likeness (QED) is 0.527. The molecule has 0 atom stereocenters. The summed E-state index contributed by atoms with van der Waals surface area (Å²) in [5, 5.41) is 11.6. The Labute approximate surface area is 65.8 Å². The molecular weight excluding hydrogens is 144 g/mol. The van der Waals surface area contributed by atoms with E-state index >= 15 is 0 Å². The third kappa shape index (κ3) is 1.83. The smallest absolute Gasteiger partial charge is 0.312 e. The maximum absolute atomic E-state index is 10.5. The summed E-state index contributed by atoms with van der Waals surface area (Å²) in [4.78, 5) is 10.5. The number of rotatable bonds is 2. The highest BCUT2D eigenvalue weighted by atomic mass is 16.3. The lowest BCUT2D eigenvalue weighted by Crippen LogP contribution is -2.51. The summed E-state index contributed by atoms with van der Waals surface area (Å²) in [5.74, 6) is 0. The summed E-state index contributed by atoms with van der Waals surface area (Å²) in [6.45, 7) is -0.00403. The first-order chi connectivity index (χ1) is 5.18. The summed E-state index contributed by atoms with van der Waals surface area (Å²) < 4.78 is 0. The molecule has 4 N–H and O–H groups in total. The molecule has 2 amide bonds. The van der Waals surface area contributed by atoms with Crippen LogP contribution in [0, 0.1) is 0 Å². The fraction of sp³-hybridized carbons (Fsp3) is 0.857. The van der Waals surface area contributed by atoms with E-state index in [1.165, 1.54) is 0 Å². The minimum Gasteiger partial charge on any atom is -0.394 e. The Morgan fingerprint density at radius 3 is 2.45 bits per heavy atom. The van der Waals surface area contributed by atoms with Crippen LogP contribution in [-0.2, 0) is 0 Å². The molecule has 0 saturated heterocycles. The number of urea groups is 1. The molecule has 0 unspecified atom stereocenters. The molecule has 0 aromatic rings. The number of aliphatic hydroxyl groups excluding tert-OH is 1. The normalized spacial score (nSPS) is 21.5. The summed E-state index contributed by atoms with van der Waals surface area (Å²) in [5.41, 5.74) is 4.56. The minimum absolute atomic E-state index is 0.00403. The topological polar surface area (TPSA) is 75.4 Å². The summed E-state index contributed by atoms with van der Waals surface area (Å²) in [6.07, 6.45) is 3.79. The second-order valence-corrected chi connectivity index (χ2v) is 3.13. The Kier molecular flexibility index (Phi) is 2.34. The third-order valence-electron chi connectivity index (χ3n) is 2.25. The number of carbonyl (C=O) groups excluding carboxylic acids is 1. The van der Waals surface area contributed by atoms with Crippen molar-refractivity contribution in [1.29, 1.82) is 0 Å². The largest absolute Gasteiger partial charge is 0.394 e. The molecule has 1 aliphatic rings. The fourth-order valence-electron chi connectivity index (χ4n) is 1.64. The van der Waals surface area contributed by atoms with Crippen molar-refractivity contribution in [2.45, 2.75) is 31.2 Å². The van der Waals surface area contributed by atoms with Gasteiger partial charge in [0.1, 0.15) is 0 Å². The van der Waals surface area contributed by atoms with Crippen LogP contribution in [0.2, 0.25) is 0 Å². The number of aliphatic hydroxyl groups is 1. The van der Waals surface area contributed by atoms with Crippen molar-refractivity contribution in [3.05, 3.63) is 0 Å². The Morgan fingerprint density at radius 2 is 2.09 bits per heavy atom. The van der Waals surface area contributed by atoms with Crippen LogP contribution in [0.3, 0.4) is 0 Å². The molecular formula is C7H14N2O2. The van der Waals surface area contributed by atoms with E-state index in [0.717, 1.165) is 25.7 Å². The molecule has 11 heavy (non-hydrogen) atoms. The van der Waals surface area contributed by atoms with E-state index in [1.807, 2.05) is 0 Å². The van der Waals surface area contributed by atoms with Crippen LogP contribution >= 0.6 is 0 Å². The third-order valence-corrected chi connectivity index (χ3v) is 2.25. The van der Waals surface area contributed by atoms with E-state index in [-0.39, 0.29) is 6.61 Å². The van der Waals surface area contributed by atoms with Gasteiger partial charge in [0.2, 0.25) is 0 Å². The highest BCUT2D eigenvalue weighted by Gasteiger charge is 2.33. The van der Waals surface area contributed by atoms with E-state index in [4.69, 9.17) is 10.8 Å². The zero-order valence-corrected chi connectivity index (χ0v) is 6.47. The van der Waals surface area contributed by atoms with Gasteiger partial charge in [0.25, 0.3) is 0 Å². The van der Waals surface area contributed by atoms with Gasteiger partial charge < -0.3 is 16.2 Å². The highest BCUT2D eigenvalue weighted by molar-refractivity contribution is 5.72. The molecule has 4 nitrogen and oxygen atoms in total. The van der Waals surface area contributed by atoms with E-state index in [2.05, 4.69) is 5.32 Å². The van der Waals surface area contributed by atoms with E-state index < -0.39 is 11.6 Å². The molecule has 64 valence electrons. The molecule has 0 aromatic heterocycles. The van der Waals surface area contributed by atoms with Crippen LogP contribution in [0.15, 0.2) is 0 Å². The molecule has 0 aromatic carbocycles. The van der Waals surface area contributed by atoms with Gasteiger partial charge in [-0.2, -0.15) is 0 Å².